The fourth-order valence-electron chi connectivity index (χ4n) is 2.96. The van der Waals surface area contributed by atoms with Gasteiger partial charge in [0.15, 0.2) is 0 Å². The Kier molecular flexibility index (Phi) is 5.01. The van der Waals surface area contributed by atoms with Crippen LogP contribution >= 0.6 is 12.4 Å². The second-order valence-corrected chi connectivity index (χ2v) is 5.27. The van der Waals surface area contributed by atoms with Crippen molar-refractivity contribution in [2.45, 2.75) is 31.9 Å². The highest BCUT2D eigenvalue weighted by molar-refractivity contribution is 5.95. The van der Waals surface area contributed by atoms with Gasteiger partial charge in [0.1, 0.15) is 11.3 Å². The molecule has 0 bridgehead atoms. The van der Waals surface area contributed by atoms with E-state index >= 15 is 0 Å². The predicted octanol–water partition coefficient (Wildman–Crippen LogP) is 0.902. The van der Waals surface area contributed by atoms with Gasteiger partial charge < -0.3 is 19.9 Å². The van der Waals surface area contributed by atoms with Gasteiger partial charge in [-0.3, -0.25) is 4.79 Å². The molecule has 2 aliphatic heterocycles. The molecular formula is C13H20ClN3O3. The van der Waals surface area contributed by atoms with Crippen molar-refractivity contribution in [3.63, 3.8) is 0 Å². The lowest BCUT2D eigenvalue weighted by Gasteiger charge is -2.41. The quantitative estimate of drug-likeness (QED) is 0.849. The average Bonchev–Trinajstić information content (AvgIpc) is 2.85. The summed E-state index contributed by atoms with van der Waals surface area (Å²) in [6.45, 7) is 4.25. The summed E-state index contributed by atoms with van der Waals surface area (Å²) in [5.74, 6) is 0.902. The van der Waals surface area contributed by atoms with Crippen LogP contribution in [0.2, 0.25) is 0 Å². The molecule has 2 fully saturated rings. The number of carbonyl (C=O) groups is 1. The summed E-state index contributed by atoms with van der Waals surface area (Å²) in [5, 5.41) is 10.0. The van der Waals surface area contributed by atoms with Gasteiger partial charge in [0.25, 0.3) is 5.91 Å². The number of amides is 1. The van der Waals surface area contributed by atoms with Gasteiger partial charge >= 0.3 is 0 Å². The summed E-state index contributed by atoms with van der Waals surface area (Å²) in [6.07, 6.45) is 3.85. The van der Waals surface area contributed by atoms with Crippen molar-refractivity contribution in [1.29, 1.82) is 0 Å². The molecule has 0 radical (unpaired) electrons. The topological polar surface area (TPSA) is 76.4 Å². The summed E-state index contributed by atoms with van der Waals surface area (Å²) in [4.78, 5) is 12.2. The fraction of sp³-hybridized carbons (Fsp3) is 0.692. The highest BCUT2D eigenvalue weighted by Gasteiger charge is 2.37. The van der Waals surface area contributed by atoms with E-state index in [-0.39, 0.29) is 30.5 Å². The molecule has 20 heavy (non-hydrogen) atoms. The Morgan fingerprint density at radius 1 is 1.50 bits per heavy atom. The lowest BCUT2D eigenvalue weighted by molar-refractivity contribution is -0.0573. The average molecular weight is 302 g/mol. The van der Waals surface area contributed by atoms with E-state index in [2.05, 4.69) is 15.8 Å². The van der Waals surface area contributed by atoms with Gasteiger partial charge in [-0.1, -0.05) is 5.16 Å². The van der Waals surface area contributed by atoms with Gasteiger partial charge in [-0.05, 0) is 25.7 Å². The zero-order chi connectivity index (χ0) is 13.2. The molecule has 0 spiro atoms. The number of ether oxygens (including phenoxy) is 1. The van der Waals surface area contributed by atoms with Crippen molar-refractivity contribution in [2.24, 2.45) is 5.92 Å². The zero-order valence-electron chi connectivity index (χ0n) is 11.4. The maximum absolute atomic E-state index is 12.2. The van der Waals surface area contributed by atoms with Gasteiger partial charge in [-0.25, -0.2) is 0 Å². The number of aromatic nitrogens is 1. The van der Waals surface area contributed by atoms with Crippen LogP contribution in [-0.4, -0.2) is 42.9 Å². The van der Waals surface area contributed by atoms with Gasteiger partial charge in [0, 0.05) is 19.7 Å². The molecule has 2 saturated heterocycles. The summed E-state index contributed by atoms with van der Waals surface area (Å²) in [6, 6.07) is 0.0147. The standard InChI is InChI=1S/C13H19N3O3.ClH/c1-8-10(6-15-19-8)13(17)16-11-7-14-5-9-3-2-4-18-12(9)11;/h6,9,11-12,14H,2-5,7H2,1H3,(H,16,17);1H/t9-,11+,12-;/m0./s1. The van der Waals surface area contributed by atoms with Gasteiger partial charge in [-0.15, -0.1) is 12.4 Å². The van der Waals surface area contributed by atoms with Crippen LogP contribution in [0.25, 0.3) is 0 Å². The summed E-state index contributed by atoms with van der Waals surface area (Å²) >= 11 is 0. The van der Waals surface area contributed by atoms with Crippen LogP contribution in [0, 0.1) is 12.8 Å². The van der Waals surface area contributed by atoms with Crippen molar-refractivity contribution in [3.05, 3.63) is 17.5 Å². The minimum atomic E-state index is -0.139. The molecule has 1 amide bonds. The third kappa shape index (κ3) is 2.97. The van der Waals surface area contributed by atoms with Gasteiger partial charge in [-0.2, -0.15) is 0 Å². The number of rotatable bonds is 2. The minimum absolute atomic E-state index is 0. The fourth-order valence-corrected chi connectivity index (χ4v) is 2.96. The number of fused-ring (bicyclic) bond motifs is 1. The molecule has 0 aromatic carbocycles. The minimum Gasteiger partial charge on any atom is -0.376 e. The Balaban J connectivity index is 0.00000147. The summed E-state index contributed by atoms with van der Waals surface area (Å²) in [5.41, 5.74) is 0.498. The Hall–Kier alpha value is -1.11. The van der Waals surface area contributed by atoms with Crippen molar-refractivity contribution in [1.82, 2.24) is 15.8 Å². The second kappa shape index (κ2) is 6.56. The Morgan fingerprint density at radius 3 is 3.10 bits per heavy atom. The molecule has 7 heteroatoms. The van der Waals surface area contributed by atoms with Crippen LogP contribution in [0.3, 0.4) is 0 Å². The molecule has 112 valence electrons. The van der Waals surface area contributed by atoms with E-state index in [0.29, 0.717) is 17.2 Å². The number of aryl methyl sites for hydroxylation is 1. The lowest BCUT2D eigenvalue weighted by atomic mass is 9.86. The number of hydrogen-bond donors (Lipinski definition) is 2. The molecule has 6 nitrogen and oxygen atoms in total. The maximum Gasteiger partial charge on any atom is 0.256 e. The molecule has 0 unspecified atom stereocenters. The van der Waals surface area contributed by atoms with Crippen LogP contribution in [0.5, 0.6) is 0 Å². The van der Waals surface area contributed by atoms with Crippen LogP contribution in [-0.2, 0) is 4.74 Å². The number of nitrogens with one attached hydrogen (secondary N) is 2. The van der Waals surface area contributed by atoms with Crippen LogP contribution in [0.1, 0.15) is 29.0 Å². The van der Waals surface area contributed by atoms with E-state index in [9.17, 15) is 4.79 Å². The summed E-state index contributed by atoms with van der Waals surface area (Å²) in [7, 11) is 0. The molecule has 1 aromatic heterocycles. The Morgan fingerprint density at radius 2 is 2.35 bits per heavy atom. The summed E-state index contributed by atoms with van der Waals surface area (Å²) < 4.78 is 10.8. The van der Waals surface area contributed by atoms with Crippen LogP contribution in [0.15, 0.2) is 10.7 Å². The third-order valence-electron chi connectivity index (χ3n) is 3.97. The largest absolute Gasteiger partial charge is 0.376 e. The van der Waals surface area contributed by atoms with Crippen molar-refractivity contribution in [3.8, 4) is 0 Å². The third-order valence-corrected chi connectivity index (χ3v) is 3.97. The second-order valence-electron chi connectivity index (χ2n) is 5.27. The molecule has 0 aliphatic carbocycles. The normalized spacial score (nSPS) is 29.1. The molecule has 0 saturated carbocycles. The van der Waals surface area contributed by atoms with Crippen molar-refractivity contribution in [2.75, 3.05) is 19.7 Å². The van der Waals surface area contributed by atoms with E-state index in [4.69, 9.17) is 9.26 Å². The number of piperidine rings is 1. The van der Waals surface area contributed by atoms with E-state index in [0.717, 1.165) is 32.5 Å². The maximum atomic E-state index is 12.2. The number of halogens is 1. The van der Waals surface area contributed by atoms with E-state index in [1.165, 1.54) is 6.20 Å². The zero-order valence-corrected chi connectivity index (χ0v) is 12.2. The first-order chi connectivity index (χ1) is 9.25. The van der Waals surface area contributed by atoms with E-state index in [1.807, 2.05) is 0 Å². The molecule has 3 heterocycles. The smallest absolute Gasteiger partial charge is 0.256 e. The molecular weight excluding hydrogens is 282 g/mol. The first-order valence-corrected chi connectivity index (χ1v) is 6.80. The van der Waals surface area contributed by atoms with Gasteiger partial charge in [0.05, 0.1) is 18.3 Å². The van der Waals surface area contributed by atoms with E-state index in [1.54, 1.807) is 6.92 Å². The molecule has 3 rings (SSSR count). The van der Waals surface area contributed by atoms with Crippen molar-refractivity contribution >= 4 is 18.3 Å². The molecule has 2 aliphatic rings. The first kappa shape index (κ1) is 15.3. The predicted molar refractivity (Wildman–Crippen MR) is 75.1 cm³/mol. The SMILES string of the molecule is Cc1oncc1C(=O)N[C@@H]1CNC[C@@H]2CCCO[C@@H]21.Cl. The van der Waals surface area contributed by atoms with Crippen LogP contribution < -0.4 is 10.6 Å². The molecule has 1 aromatic rings. The Bertz CT molecular complexity index is 463. The lowest BCUT2D eigenvalue weighted by Crippen LogP contribution is -2.60. The monoisotopic (exact) mass is 301 g/mol. The molecule has 2 N–H and O–H groups in total. The highest BCUT2D eigenvalue weighted by Crippen LogP contribution is 2.25. The van der Waals surface area contributed by atoms with Crippen LogP contribution in [0.4, 0.5) is 0 Å². The number of nitrogens with zero attached hydrogens (tertiary/aromatic N) is 1. The number of carbonyl (C=O) groups excluding carboxylic acids is 1. The first-order valence-electron chi connectivity index (χ1n) is 6.80. The number of hydrogen-bond acceptors (Lipinski definition) is 5. The van der Waals surface area contributed by atoms with Crippen molar-refractivity contribution < 1.29 is 14.1 Å². The molecule has 3 atom stereocenters. The highest BCUT2D eigenvalue weighted by atomic mass is 35.5. The van der Waals surface area contributed by atoms with E-state index < -0.39 is 0 Å². The van der Waals surface area contributed by atoms with Gasteiger partial charge in [0.2, 0.25) is 0 Å². The Labute approximate surface area is 124 Å².